The normalized spacial score (nSPS) is 11.3. The molecule has 2 rings (SSSR count). The highest BCUT2D eigenvalue weighted by Crippen LogP contribution is 2.09. The Bertz CT molecular complexity index is 763. The second kappa shape index (κ2) is 9.91. The largest absolute Gasteiger partial charge is 0.467 e. The smallest absolute Gasteiger partial charge is 0.328 e. The zero-order chi connectivity index (χ0) is 18.9. The standard InChI is InChI=1S/C19H19IN2O4/c1-26-19(25)16(11-13-7-9-15(20)10-8-13)22-17(23)12-21-18(24)14-5-3-2-4-6-14/h2-10,16H,11-12H2,1H3,(H,21,24)(H,22,23)/t16-/m0/s1. The van der Waals surface area contributed by atoms with Crippen molar-refractivity contribution < 1.29 is 19.1 Å². The van der Waals surface area contributed by atoms with E-state index in [1.165, 1.54) is 7.11 Å². The van der Waals surface area contributed by atoms with Gasteiger partial charge in [-0.3, -0.25) is 9.59 Å². The van der Waals surface area contributed by atoms with Gasteiger partial charge in [-0.05, 0) is 52.4 Å². The molecule has 0 radical (unpaired) electrons. The fraction of sp³-hybridized carbons (Fsp3) is 0.211. The summed E-state index contributed by atoms with van der Waals surface area (Å²) in [5, 5.41) is 5.14. The van der Waals surface area contributed by atoms with Crippen molar-refractivity contribution in [3.63, 3.8) is 0 Å². The van der Waals surface area contributed by atoms with Crippen LogP contribution in [-0.2, 0) is 20.7 Å². The third-order valence-electron chi connectivity index (χ3n) is 3.62. The van der Waals surface area contributed by atoms with Crippen LogP contribution in [0.5, 0.6) is 0 Å². The van der Waals surface area contributed by atoms with Gasteiger partial charge in [-0.2, -0.15) is 0 Å². The second-order valence-electron chi connectivity index (χ2n) is 5.52. The molecule has 2 aromatic carbocycles. The van der Waals surface area contributed by atoms with E-state index in [4.69, 9.17) is 4.74 Å². The summed E-state index contributed by atoms with van der Waals surface area (Å²) in [5.74, 6) is -1.35. The maximum Gasteiger partial charge on any atom is 0.328 e. The number of rotatable bonds is 7. The van der Waals surface area contributed by atoms with Gasteiger partial charge in [-0.25, -0.2) is 4.79 Å². The number of nitrogens with one attached hydrogen (secondary N) is 2. The third kappa shape index (κ3) is 6.14. The van der Waals surface area contributed by atoms with Crippen LogP contribution >= 0.6 is 22.6 Å². The highest BCUT2D eigenvalue weighted by Gasteiger charge is 2.22. The number of benzene rings is 2. The van der Waals surface area contributed by atoms with Crippen LogP contribution in [0.3, 0.4) is 0 Å². The van der Waals surface area contributed by atoms with Crippen molar-refractivity contribution in [2.45, 2.75) is 12.5 Å². The summed E-state index contributed by atoms with van der Waals surface area (Å²) >= 11 is 2.19. The van der Waals surface area contributed by atoms with E-state index in [9.17, 15) is 14.4 Å². The van der Waals surface area contributed by atoms with Gasteiger partial charge in [0.2, 0.25) is 5.91 Å². The van der Waals surface area contributed by atoms with E-state index < -0.39 is 17.9 Å². The predicted octanol–water partition coefficient (Wildman–Crippen LogP) is 1.92. The number of halogens is 1. The minimum Gasteiger partial charge on any atom is -0.467 e. The fourth-order valence-corrected chi connectivity index (χ4v) is 2.65. The molecule has 0 saturated carbocycles. The zero-order valence-corrected chi connectivity index (χ0v) is 16.4. The number of esters is 1. The lowest BCUT2D eigenvalue weighted by Gasteiger charge is -2.17. The molecule has 0 unspecified atom stereocenters. The minimum atomic E-state index is -0.818. The van der Waals surface area contributed by atoms with E-state index in [0.717, 1.165) is 9.13 Å². The molecule has 6 nitrogen and oxygen atoms in total. The van der Waals surface area contributed by atoms with Crippen molar-refractivity contribution in [1.82, 2.24) is 10.6 Å². The van der Waals surface area contributed by atoms with Crippen LogP contribution in [0.25, 0.3) is 0 Å². The van der Waals surface area contributed by atoms with Gasteiger partial charge in [0.1, 0.15) is 6.04 Å². The molecule has 0 aromatic heterocycles. The summed E-state index contributed by atoms with van der Waals surface area (Å²) in [4.78, 5) is 36.0. The molecule has 0 heterocycles. The molecule has 0 fully saturated rings. The van der Waals surface area contributed by atoms with Gasteiger partial charge in [-0.1, -0.05) is 30.3 Å². The summed E-state index contributed by atoms with van der Waals surface area (Å²) in [5.41, 5.74) is 1.36. The van der Waals surface area contributed by atoms with Gasteiger partial charge in [0, 0.05) is 15.6 Å². The van der Waals surface area contributed by atoms with Crippen LogP contribution in [0.4, 0.5) is 0 Å². The van der Waals surface area contributed by atoms with E-state index in [1.807, 2.05) is 24.3 Å². The first-order valence-corrected chi connectivity index (χ1v) is 9.02. The van der Waals surface area contributed by atoms with Crippen molar-refractivity contribution in [3.8, 4) is 0 Å². The molecule has 0 saturated heterocycles. The van der Waals surface area contributed by atoms with Gasteiger partial charge < -0.3 is 15.4 Å². The molecule has 2 aromatic rings. The minimum absolute atomic E-state index is 0.228. The second-order valence-corrected chi connectivity index (χ2v) is 6.77. The number of hydrogen-bond donors (Lipinski definition) is 2. The monoisotopic (exact) mass is 466 g/mol. The Morgan fingerprint density at radius 2 is 1.69 bits per heavy atom. The first kappa shape index (κ1) is 19.9. The third-order valence-corrected chi connectivity index (χ3v) is 4.34. The Balaban J connectivity index is 1.92. The molecule has 136 valence electrons. The number of hydrogen-bond acceptors (Lipinski definition) is 4. The Labute approximate surface area is 165 Å². The molecule has 1 atom stereocenters. The van der Waals surface area contributed by atoms with E-state index in [0.29, 0.717) is 12.0 Å². The van der Waals surface area contributed by atoms with Gasteiger partial charge in [0.25, 0.3) is 5.91 Å². The number of carbonyl (C=O) groups excluding carboxylic acids is 3. The average Bonchev–Trinajstić information content (AvgIpc) is 2.67. The number of methoxy groups -OCH3 is 1. The van der Waals surface area contributed by atoms with Gasteiger partial charge >= 0.3 is 5.97 Å². The maximum atomic E-state index is 12.1. The lowest BCUT2D eigenvalue weighted by atomic mass is 10.1. The summed E-state index contributed by atoms with van der Waals surface area (Å²) < 4.78 is 5.84. The molecule has 0 spiro atoms. The van der Waals surface area contributed by atoms with Crippen molar-refractivity contribution in [3.05, 3.63) is 69.3 Å². The van der Waals surface area contributed by atoms with Crippen LogP contribution in [0, 0.1) is 3.57 Å². The van der Waals surface area contributed by atoms with Crippen molar-refractivity contribution in [2.75, 3.05) is 13.7 Å². The molecule has 0 aliphatic heterocycles. The van der Waals surface area contributed by atoms with E-state index in [-0.39, 0.29) is 12.5 Å². The lowest BCUT2D eigenvalue weighted by Crippen LogP contribution is -2.47. The molecule has 2 N–H and O–H groups in total. The quantitative estimate of drug-likeness (QED) is 0.483. The van der Waals surface area contributed by atoms with E-state index in [1.54, 1.807) is 30.3 Å². The lowest BCUT2D eigenvalue weighted by molar-refractivity contribution is -0.144. The van der Waals surface area contributed by atoms with Crippen LogP contribution < -0.4 is 10.6 Å². The van der Waals surface area contributed by atoms with Crippen molar-refractivity contribution >= 4 is 40.4 Å². The highest BCUT2D eigenvalue weighted by molar-refractivity contribution is 14.1. The predicted molar refractivity (Wildman–Crippen MR) is 106 cm³/mol. The first-order chi connectivity index (χ1) is 12.5. The molecular formula is C19H19IN2O4. The van der Waals surface area contributed by atoms with E-state index in [2.05, 4.69) is 33.2 Å². The molecule has 0 aliphatic rings. The Kier molecular flexibility index (Phi) is 7.58. The van der Waals surface area contributed by atoms with Gasteiger partial charge in [0.05, 0.1) is 13.7 Å². The summed E-state index contributed by atoms with van der Waals surface area (Å²) in [6.45, 7) is -0.228. The van der Waals surface area contributed by atoms with Crippen molar-refractivity contribution in [2.24, 2.45) is 0 Å². The van der Waals surface area contributed by atoms with Crippen LogP contribution in [0.1, 0.15) is 15.9 Å². The zero-order valence-electron chi connectivity index (χ0n) is 14.2. The summed E-state index contributed by atoms with van der Waals surface area (Å²) in [6, 6.07) is 15.4. The van der Waals surface area contributed by atoms with Crippen LogP contribution in [-0.4, -0.2) is 37.5 Å². The van der Waals surface area contributed by atoms with Crippen LogP contribution in [0.15, 0.2) is 54.6 Å². The van der Waals surface area contributed by atoms with Gasteiger partial charge in [0.15, 0.2) is 0 Å². The highest BCUT2D eigenvalue weighted by atomic mass is 127. The Morgan fingerprint density at radius 1 is 1.04 bits per heavy atom. The molecule has 0 aliphatic carbocycles. The molecule has 26 heavy (non-hydrogen) atoms. The SMILES string of the molecule is COC(=O)[C@H](Cc1ccc(I)cc1)NC(=O)CNC(=O)c1ccccc1. The molecule has 7 heteroatoms. The summed E-state index contributed by atoms with van der Waals surface area (Å²) in [7, 11) is 1.27. The fourth-order valence-electron chi connectivity index (χ4n) is 2.29. The van der Waals surface area contributed by atoms with Gasteiger partial charge in [-0.15, -0.1) is 0 Å². The molecule has 0 bridgehead atoms. The molecular weight excluding hydrogens is 447 g/mol. The Morgan fingerprint density at radius 3 is 2.31 bits per heavy atom. The van der Waals surface area contributed by atoms with E-state index >= 15 is 0 Å². The number of ether oxygens (including phenoxy) is 1. The maximum absolute atomic E-state index is 12.1. The summed E-state index contributed by atoms with van der Waals surface area (Å²) in [6.07, 6.45) is 0.308. The Hall–Kier alpha value is -2.42. The topological polar surface area (TPSA) is 84.5 Å². The average molecular weight is 466 g/mol. The number of carbonyl (C=O) groups is 3. The molecule has 2 amide bonds. The van der Waals surface area contributed by atoms with Crippen molar-refractivity contribution in [1.29, 1.82) is 0 Å². The number of amides is 2. The van der Waals surface area contributed by atoms with Crippen LogP contribution in [0.2, 0.25) is 0 Å². The first-order valence-electron chi connectivity index (χ1n) is 7.94.